The van der Waals surface area contributed by atoms with Crippen molar-refractivity contribution in [1.29, 1.82) is 0 Å². The zero-order chi connectivity index (χ0) is 11.2. The Morgan fingerprint density at radius 2 is 0.929 bits per heavy atom. The fraction of sp³-hybridized carbons (Fsp3) is 1.00. The van der Waals surface area contributed by atoms with Crippen LogP contribution in [0.3, 0.4) is 0 Å². The van der Waals surface area contributed by atoms with E-state index in [4.69, 9.17) is 0 Å². The predicted octanol–water partition coefficient (Wildman–Crippen LogP) is 4.72. The van der Waals surface area contributed by atoms with E-state index in [9.17, 15) is 0 Å². The molecule has 2 atom stereocenters. The van der Waals surface area contributed by atoms with Crippen molar-refractivity contribution in [3.05, 3.63) is 0 Å². The van der Waals surface area contributed by atoms with Gasteiger partial charge in [-0.25, -0.2) is 0 Å². The molecule has 0 nitrogen and oxygen atoms in total. The lowest BCUT2D eigenvalue weighted by Crippen LogP contribution is -2.07. The Morgan fingerprint density at radius 1 is 0.643 bits per heavy atom. The maximum Gasteiger partial charge on any atom is -0.0207 e. The van der Waals surface area contributed by atoms with Crippen molar-refractivity contribution in [2.24, 2.45) is 0 Å². The molecule has 0 bridgehead atoms. The second-order valence-electron chi connectivity index (χ2n) is 6.06. The van der Waals surface area contributed by atoms with Crippen LogP contribution in [0.4, 0.5) is 0 Å². The first-order chi connectivity index (χ1) is 6.21. The molecule has 0 amide bonds. The van der Waals surface area contributed by atoms with Crippen LogP contribution in [0.2, 0.25) is 0 Å². The van der Waals surface area contributed by atoms with E-state index in [1.807, 2.05) is 0 Å². The quantitative estimate of drug-likeness (QED) is 0.477. The second kappa shape index (κ2) is 6.44. The van der Waals surface area contributed by atoms with Crippen LogP contribution in [0.5, 0.6) is 0 Å². The largest absolute Gasteiger partial charge is 0.117 e. The Hall–Kier alpha value is 0.860. The molecule has 0 aromatic carbocycles. The van der Waals surface area contributed by atoms with E-state index in [1.165, 1.54) is 25.2 Å². The van der Waals surface area contributed by atoms with Crippen molar-refractivity contribution < 1.29 is 0 Å². The Labute approximate surface area is 94.6 Å². The normalized spacial score (nSPS) is 15.0. The molecule has 0 saturated heterocycles. The van der Waals surface area contributed by atoms with E-state index in [1.54, 1.807) is 0 Å². The molecule has 0 saturated carbocycles. The lowest BCUT2D eigenvalue weighted by atomic mass is 10.3. The van der Waals surface area contributed by atoms with Gasteiger partial charge >= 0.3 is 0 Å². The van der Waals surface area contributed by atoms with Crippen LogP contribution >= 0.6 is 17.2 Å². The van der Waals surface area contributed by atoms with Crippen LogP contribution in [-0.2, 0) is 0 Å². The van der Waals surface area contributed by atoms with Crippen molar-refractivity contribution in [3.8, 4) is 0 Å². The van der Waals surface area contributed by atoms with Crippen molar-refractivity contribution in [2.75, 3.05) is 12.3 Å². The summed E-state index contributed by atoms with van der Waals surface area (Å²) in [7, 11) is 2.29. The molecule has 0 spiro atoms. The van der Waals surface area contributed by atoms with Crippen molar-refractivity contribution in [3.63, 3.8) is 0 Å². The molecule has 2 unspecified atom stereocenters. The van der Waals surface area contributed by atoms with Crippen LogP contribution in [0.1, 0.15) is 54.4 Å². The number of unbranched alkanes of at least 4 members (excludes halogenated alkanes) is 1. The lowest BCUT2D eigenvalue weighted by molar-refractivity contribution is 0.775. The summed E-state index contributed by atoms with van der Waals surface area (Å²) in [6.45, 7) is 14.1. The fourth-order valence-electron chi connectivity index (χ4n) is 1.18. The van der Waals surface area contributed by atoms with E-state index < -0.39 is 0 Å². The SMILES string of the molecule is CC(C)(C)PCCCCPC(C)(C)C. The second-order valence-corrected chi connectivity index (χ2v) is 10.8. The van der Waals surface area contributed by atoms with Gasteiger partial charge in [-0.05, 0) is 35.5 Å². The van der Waals surface area contributed by atoms with Gasteiger partial charge in [0.15, 0.2) is 0 Å². The number of hydrogen-bond donors (Lipinski definition) is 0. The molecule has 0 aliphatic heterocycles. The predicted molar refractivity (Wildman–Crippen MR) is 75.1 cm³/mol. The molecule has 14 heavy (non-hydrogen) atoms. The first-order valence-corrected chi connectivity index (χ1v) is 8.12. The third-order valence-electron chi connectivity index (χ3n) is 1.91. The van der Waals surface area contributed by atoms with E-state index in [-0.39, 0.29) is 0 Å². The Bertz CT molecular complexity index is 121. The molecular formula is C12H28P2. The fourth-order valence-corrected chi connectivity index (χ4v) is 3.53. The summed E-state index contributed by atoms with van der Waals surface area (Å²) in [6, 6.07) is 0. The topological polar surface area (TPSA) is 0 Å². The highest BCUT2D eigenvalue weighted by atomic mass is 31.1. The standard InChI is InChI=1S/C12H28P2/c1-11(2,3)13-9-7-8-10-14-12(4,5)6/h13-14H,7-10H2,1-6H3. The van der Waals surface area contributed by atoms with Gasteiger partial charge in [-0.2, -0.15) is 0 Å². The number of hydrogen-bond acceptors (Lipinski definition) is 0. The van der Waals surface area contributed by atoms with Crippen LogP contribution in [0.15, 0.2) is 0 Å². The number of rotatable bonds is 5. The zero-order valence-corrected chi connectivity index (χ0v) is 12.8. The van der Waals surface area contributed by atoms with Crippen molar-refractivity contribution in [1.82, 2.24) is 0 Å². The Kier molecular flexibility index (Phi) is 6.84. The highest BCUT2D eigenvalue weighted by molar-refractivity contribution is 7.40. The van der Waals surface area contributed by atoms with Crippen LogP contribution in [-0.4, -0.2) is 22.6 Å². The summed E-state index contributed by atoms with van der Waals surface area (Å²) in [4.78, 5) is 0. The van der Waals surface area contributed by atoms with Gasteiger partial charge in [-0.3, -0.25) is 0 Å². The summed E-state index contributed by atoms with van der Waals surface area (Å²) in [5.74, 6) is 0. The molecule has 86 valence electrons. The summed E-state index contributed by atoms with van der Waals surface area (Å²) < 4.78 is 0. The molecule has 0 aliphatic carbocycles. The van der Waals surface area contributed by atoms with Crippen LogP contribution in [0.25, 0.3) is 0 Å². The van der Waals surface area contributed by atoms with Gasteiger partial charge in [-0.1, -0.05) is 41.5 Å². The Morgan fingerprint density at radius 3 is 1.14 bits per heavy atom. The first-order valence-electron chi connectivity index (χ1n) is 5.71. The Balaban J connectivity index is 3.23. The monoisotopic (exact) mass is 234 g/mol. The highest BCUT2D eigenvalue weighted by Crippen LogP contribution is 2.33. The average Bonchev–Trinajstić information content (AvgIpc) is 1.92. The van der Waals surface area contributed by atoms with Gasteiger partial charge < -0.3 is 0 Å². The van der Waals surface area contributed by atoms with E-state index in [0.717, 1.165) is 17.2 Å². The van der Waals surface area contributed by atoms with Gasteiger partial charge in [0, 0.05) is 0 Å². The van der Waals surface area contributed by atoms with Gasteiger partial charge in [-0.15, -0.1) is 17.2 Å². The maximum absolute atomic E-state index is 2.35. The summed E-state index contributed by atoms with van der Waals surface area (Å²) in [5.41, 5.74) is 0. The maximum atomic E-state index is 2.35. The van der Waals surface area contributed by atoms with Crippen molar-refractivity contribution in [2.45, 2.75) is 64.7 Å². The summed E-state index contributed by atoms with van der Waals surface area (Å²) in [6.07, 6.45) is 5.77. The molecule has 0 aliphatic rings. The molecule has 0 N–H and O–H groups in total. The zero-order valence-electron chi connectivity index (χ0n) is 10.8. The minimum absolute atomic E-state index is 0.562. The summed E-state index contributed by atoms with van der Waals surface area (Å²) >= 11 is 0. The summed E-state index contributed by atoms with van der Waals surface area (Å²) in [5, 5.41) is 1.12. The molecule has 0 radical (unpaired) electrons. The van der Waals surface area contributed by atoms with Gasteiger partial charge in [0.25, 0.3) is 0 Å². The third kappa shape index (κ3) is 12.9. The molecular weight excluding hydrogens is 206 g/mol. The third-order valence-corrected chi connectivity index (χ3v) is 5.24. The average molecular weight is 234 g/mol. The van der Waals surface area contributed by atoms with E-state index >= 15 is 0 Å². The molecule has 0 heterocycles. The molecule has 0 fully saturated rings. The van der Waals surface area contributed by atoms with Crippen molar-refractivity contribution >= 4 is 17.2 Å². The highest BCUT2D eigenvalue weighted by Gasteiger charge is 2.10. The van der Waals surface area contributed by atoms with Crippen LogP contribution < -0.4 is 0 Å². The van der Waals surface area contributed by atoms with E-state index in [2.05, 4.69) is 41.5 Å². The van der Waals surface area contributed by atoms with Gasteiger partial charge in [0.2, 0.25) is 0 Å². The molecule has 0 rings (SSSR count). The minimum atomic E-state index is 0.562. The van der Waals surface area contributed by atoms with Gasteiger partial charge in [0.1, 0.15) is 0 Å². The smallest absolute Gasteiger partial charge is 0.0207 e. The first kappa shape index (κ1) is 14.9. The lowest BCUT2D eigenvalue weighted by Gasteiger charge is -2.19. The van der Waals surface area contributed by atoms with Crippen LogP contribution in [0, 0.1) is 0 Å². The minimum Gasteiger partial charge on any atom is -0.117 e. The molecule has 0 aromatic heterocycles. The molecule has 2 heteroatoms. The molecule has 0 aromatic rings. The van der Waals surface area contributed by atoms with Gasteiger partial charge in [0.05, 0.1) is 0 Å². The van der Waals surface area contributed by atoms with E-state index in [0.29, 0.717) is 10.3 Å².